The molecule has 1 aromatic carbocycles. The van der Waals surface area contributed by atoms with Crippen molar-refractivity contribution in [2.24, 2.45) is 0 Å². The van der Waals surface area contributed by atoms with E-state index in [1.807, 2.05) is 30.5 Å². The topological polar surface area (TPSA) is 45.3 Å². The van der Waals surface area contributed by atoms with E-state index in [2.05, 4.69) is 9.88 Å². The maximum atomic E-state index is 12.1. The Kier molecular flexibility index (Phi) is 4.02. The summed E-state index contributed by atoms with van der Waals surface area (Å²) in [7, 11) is 0. The van der Waals surface area contributed by atoms with E-state index in [-0.39, 0.29) is 5.97 Å². The standard InChI is InChI=1S/C16H20N2O2/c19-16(20-12-11-18-9-2-1-3-10-18)14-6-4-5-13-7-8-17-15(13)14/h4-8,17H,1-3,9-12H2. The maximum Gasteiger partial charge on any atom is 0.340 e. The molecule has 4 heteroatoms. The number of aromatic nitrogens is 1. The van der Waals surface area contributed by atoms with E-state index >= 15 is 0 Å². The molecule has 0 bridgehead atoms. The van der Waals surface area contributed by atoms with Gasteiger partial charge in [0.2, 0.25) is 0 Å². The summed E-state index contributed by atoms with van der Waals surface area (Å²) >= 11 is 0. The van der Waals surface area contributed by atoms with Crippen LogP contribution in [0.1, 0.15) is 29.6 Å². The molecule has 0 amide bonds. The van der Waals surface area contributed by atoms with Crippen molar-refractivity contribution in [2.45, 2.75) is 19.3 Å². The van der Waals surface area contributed by atoms with Crippen molar-refractivity contribution in [3.8, 4) is 0 Å². The number of ether oxygens (including phenoxy) is 1. The van der Waals surface area contributed by atoms with E-state index in [1.54, 1.807) is 0 Å². The predicted molar refractivity (Wildman–Crippen MR) is 78.9 cm³/mol. The average Bonchev–Trinajstić information content (AvgIpc) is 2.96. The second-order valence-corrected chi connectivity index (χ2v) is 5.29. The van der Waals surface area contributed by atoms with Crippen LogP contribution in [-0.4, -0.2) is 42.1 Å². The first-order chi connectivity index (χ1) is 9.84. The molecule has 0 spiro atoms. The van der Waals surface area contributed by atoms with Crippen LogP contribution in [0, 0.1) is 0 Å². The molecular formula is C16H20N2O2. The molecule has 0 aliphatic carbocycles. The van der Waals surface area contributed by atoms with Gasteiger partial charge >= 0.3 is 5.97 Å². The van der Waals surface area contributed by atoms with Crippen LogP contribution in [-0.2, 0) is 4.74 Å². The van der Waals surface area contributed by atoms with Crippen LogP contribution in [0.5, 0.6) is 0 Å². The zero-order valence-electron chi connectivity index (χ0n) is 11.6. The average molecular weight is 272 g/mol. The van der Waals surface area contributed by atoms with E-state index < -0.39 is 0 Å². The third kappa shape index (κ3) is 2.85. The van der Waals surface area contributed by atoms with Gasteiger partial charge in [-0.15, -0.1) is 0 Å². The summed E-state index contributed by atoms with van der Waals surface area (Å²) in [6, 6.07) is 7.63. The van der Waals surface area contributed by atoms with Gasteiger partial charge in [0.05, 0.1) is 11.1 Å². The summed E-state index contributed by atoms with van der Waals surface area (Å²) in [6.07, 6.45) is 5.69. The lowest BCUT2D eigenvalue weighted by Crippen LogP contribution is -2.33. The summed E-state index contributed by atoms with van der Waals surface area (Å²) in [4.78, 5) is 17.6. The number of nitrogens with one attached hydrogen (secondary N) is 1. The molecule has 1 N–H and O–H groups in total. The molecule has 0 atom stereocenters. The summed E-state index contributed by atoms with van der Waals surface area (Å²) in [5.41, 5.74) is 1.47. The van der Waals surface area contributed by atoms with Crippen LogP contribution >= 0.6 is 0 Å². The lowest BCUT2D eigenvalue weighted by atomic mass is 10.1. The summed E-state index contributed by atoms with van der Waals surface area (Å²) in [6.45, 7) is 3.57. The zero-order chi connectivity index (χ0) is 13.8. The highest BCUT2D eigenvalue weighted by atomic mass is 16.5. The molecule has 1 aliphatic heterocycles. The minimum atomic E-state index is -0.241. The van der Waals surface area contributed by atoms with Gasteiger partial charge in [0.1, 0.15) is 6.61 Å². The largest absolute Gasteiger partial charge is 0.461 e. The number of carbonyl (C=O) groups is 1. The lowest BCUT2D eigenvalue weighted by Gasteiger charge is -2.25. The molecule has 20 heavy (non-hydrogen) atoms. The molecule has 106 valence electrons. The highest BCUT2D eigenvalue weighted by molar-refractivity contribution is 6.02. The molecule has 1 aliphatic rings. The number of likely N-dealkylation sites (tertiary alicyclic amines) is 1. The number of piperidine rings is 1. The number of fused-ring (bicyclic) bond motifs is 1. The number of nitrogens with zero attached hydrogens (tertiary/aromatic N) is 1. The van der Waals surface area contributed by atoms with Crippen molar-refractivity contribution in [2.75, 3.05) is 26.2 Å². The lowest BCUT2D eigenvalue weighted by molar-refractivity contribution is 0.0454. The Labute approximate surface area is 118 Å². The predicted octanol–water partition coefficient (Wildman–Crippen LogP) is 2.81. The minimum absolute atomic E-state index is 0.241. The van der Waals surface area contributed by atoms with Crippen molar-refractivity contribution in [3.05, 3.63) is 36.0 Å². The van der Waals surface area contributed by atoms with Crippen LogP contribution in [0.25, 0.3) is 10.9 Å². The summed E-state index contributed by atoms with van der Waals surface area (Å²) in [5, 5.41) is 1.04. The van der Waals surface area contributed by atoms with Gasteiger partial charge in [-0.1, -0.05) is 18.6 Å². The molecule has 1 fully saturated rings. The number of aromatic amines is 1. The smallest absolute Gasteiger partial charge is 0.340 e. The molecule has 0 radical (unpaired) electrons. The first kappa shape index (κ1) is 13.2. The molecule has 0 saturated carbocycles. The number of esters is 1. The van der Waals surface area contributed by atoms with Gasteiger partial charge in [-0.05, 0) is 38.1 Å². The monoisotopic (exact) mass is 272 g/mol. The molecule has 1 saturated heterocycles. The molecule has 3 rings (SSSR count). The summed E-state index contributed by atoms with van der Waals surface area (Å²) < 4.78 is 5.41. The maximum absolute atomic E-state index is 12.1. The van der Waals surface area contributed by atoms with E-state index in [4.69, 9.17) is 4.74 Å². The SMILES string of the molecule is O=C(OCCN1CCCCC1)c1cccc2cc[nH]c12. The molecule has 2 aromatic rings. The van der Waals surface area contributed by atoms with Crippen LogP contribution < -0.4 is 0 Å². The van der Waals surface area contributed by atoms with Crippen molar-refractivity contribution >= 4 is 16.9 Å². The van der Waals surface area contributed by atoms with Gasteiger partial charge in [-0.3, -0.25) is 4.90 Å². The van der Waals surface area contributed by atoms with Gasteiger partial charge in [-0.25, -0.2) is 4.79 Å². The number of hydrogen-bond donors (Lipinski definition) is 1. The number of carbonyl (C=O) groups excluding carboxylic acids is 1. The van der Waals surface area contributed by atoms with E-state index in [1.165, 1.54) is 19.3 Å². The van der Waals surface area contributed by atoms with Crippen LogP contribution in [0.3, 0.4) is 0 Å². The Balaban J connectivity index is 1.57. The highest BCUT2D eigenvalue weighted by Gasteiger charge is 2.14. The molecule has 2 heterocycles. The van der Waals surface area contributed by atoms with Crippen LogP contribution in [0.4, 0.5) is 0 Å². The number of rotatable bonds is 4. The Morgan fingerprint density at radius 1 is 1.20 bits per heavy atom. The van der Waals surface area contributed by atoms with Gasteiger partial charge in [0.15, 0.2) is 0 Å². The number of hydrogen-bond acceptors (Lipinski definition) is 3. The van der Waals surface area contributed by atoms with Crippen molar-refractivity contribution in [1.82, 2.24) is 9.88 Å². The van der Waals surface area contributed by atoms with Crippen molar-refractivity contribution in [1.29, 1.82) is 0 Å². The fourth-order valence-electron chi connectivity index (χ4n) is 2.78. The highest BCUT2D eigenvalue weighted by Crippen LogP contribution is 2.17. The molecule has 1 aromatic heterocycles. The molecular weight excluding hydrogens is 252 g/mol. The van der Waals surface area contributed by atoms with Gasteiger partial charge in [0.25, 0.3) is 0 Å². The van der Waals surface area contributed by atoms with Crippen molar-refractivity contribution in [3.63, 3.8) is 0 Å². The quantitative estimate of drug-likeness (QED) is 0.870. The van der Waals surface area contributed by atoms with Crippen LogP contribution in [0.15, 0.2) is 30.5 Å². The minimum Gasteiger partial charge on any atom is -0.461 e. The van der Waals surface area contributed by atoms with Gasteiger partial charge in [-0.2, -0.15) is 0 Å². The fraction of sp³-hybridized carbons (Fsp3) is 0.438. The third-order valence-electron chi connectivity index (χ3n) is 3.90. The van der Waals surface area contributed by atoms with E-state index in [0.717, 1.165) is 30.5 Å². The first-order valence-corrected chi connectivity index (χ1v) is 7.30. The third-order valence-corrected chi connectivity index (χ3v) is 3.90. The summed E-state index contributed by atoms with van der Waals surface area (Å²) in [5.74, 6) is -0.241. The molecule has 4 nitrogen and oxygen atoms in total. The Morgan fingerprint density at radius 3 is 2.90 bits per heavy atom. The second-order valence-electron chi connectivity index (χ2n) is 5.29. The van der Waals surface area contributed by atoms with Gasteiger partial charge in [0, 0.05) is 18.1 Å². The van der Waals surface area contributed by atoms with Gasteiger partial charge < -0.3 is 9.72 Å². The second kappa shape index (κ2) is 6.09. The fourth-order valence-corrected chi connectivity index (χ4v) is 2.78. The Bertz CT molecular complexity index is 585. The number of H-pyrrole nitrogens is 1. The van der Waals surface area contributed by atoms with Crippen molar-refractivity contribution < 1.29 is 9.53 Å². The van der Waals surface area contributed by atoms with E-state index in [0.29, 0.717) is 12.2 Å². The first-order valence-electron chi connectivity index (χ1n) is 7.30. The number of benzene rings is 1. The number of para-hydroxylation sites is 1. The Hall–Kier alpha value is -1.81. The normalized spacial score (nSPS) is 16.4. The Morgan fingerprint density at radius 2 is 2.05 bits per heavy atom. The van der Waals surface area contributed by atoms with Crippen LogP contribution in [0.2, 0.25) is 0 Å². The van der Waals surface area contributed by atoms with E-state index in [9.17, 15) is 4.79 Å². The molecule has 0 unspecified atom stereocenters. The zero-order valence-corrected chi connectivity index (χ0v) is 11.6.